The Bertz CT molecular complexity index is 1080. The number of benzene rings is 1. The van der Waals surface area contributed by atoms with E-state index in [2.05, 4.69) is 15.3 Å². The van der Waals surface area contributed by atoms with E-state index in [0.29, 0.717) is 11.8 Å². The number of alkyl halides is 5. The molecule has 1 N–H and O–H groups in total. The van der Waals surface area contributed by atoms with Crippen LogP contribution < -0.4 is 5.32 Å². The van der Waals surface area contributed by atoms with Gasteiger partial charge in [-0.3, -0.25) is 15.1 Å². The van der Waals surface area contributed by atoms with Gasteiger partial charge in [-0.25, -0.2) is 13.8 Å². The summed E-state index contributed by atoms with van der Waals surface area (Å²) in [5, 5.41) is 2.86. The molecule has 0 bridgehead atoms. The number of aromatic nitrogens is 1. The summed E-state index contributed by atoms with van der Waals surface area (Å²) in [6.07, 6.45) is -3.33. The van der Waals surface area contributed by atoms with E-state index in [4.69, 9.17) is 4.42 Å². The molecule has 2 heterocycles. The second-order valence-electron chi connectivity index (χ2n) is 8.48. The first-order chi connectivity index (χ1) is 16.4. The summed E-state index contributed by atoms with van der Waals surface area (Å²) in [4.78, 5) is 22.4. The van der Waals surface area contributed by atoms with Gasteiger partial charge in [0.2, 0.25) is 0 Å². The van der Waals surface area contributed by atoms with Crippen molar-refractivity contribution in [2.45, 2.75) is 45.3 Å². The summed E-state index contributed by atoms with van der Waals surface area (Å²) >= 11 is 0. The summed E-state index contributed by atoms with van der Waals surface area (Å²) < 4.78 is 72.9. The smallest absolute Gasteiger partial charge is 0.417 e. The van der Waals surface area contributed by atoms with Crippen molar-refractivity contribution >= 4 is 12.1 Å². The molecule has 0 radical (unpaired) electrons. The Kier molecular flexibility index (Phi) is 8.09. The second-order valence-corrected chi connectivity index (χ2v) is 8.48. The van der Waals surface area contributed by atoms with Crippen LogP contribution in [0.4, 0.5) is 22.0 Å². The van der Waals surface area contributed by atoms with Gasteiger partial charge in [-0.2, -0.15) is 13.2 Å². The fourth-order valence-electron chi connectivity index (χ4n) is 4.10. The first-order valence-corrected chi connectivity index (χ1v) is 11.1. The minimum Gasteiger partial charge on any atom is -0.440 e. The third-order valence-corrected chi connectivity index (χ3v) is 5.74. The van der Waals surface area contributed by atoms with Crippen molar-refractivity contribution in [3.05, 3.63) is 53.6 Å². The molecule has 1 aliphatic rings. The van der Waals surface area contributed by atoms with Gasteiger partial charge in [-0.1, -0.05) is 43.3 Å². The van der Waals surface area contributed by atoms with Gasteiger partial charge in [0.25, 0.3) is 11.8 Å². The molecule has 6 nitrogen and oxygen atoms in total. The van der Waals surface area contributed by atoms with Crippen LogP contribution >= 0.6 is 0 Å². The summed E-state index contributed by atoms with van der Waals surface area (Å²) in [6, 6.07) is 8.09. The van der Waals surface area contributed by atoms with Gasteiger partial charge < -0.3 is 9.32 Å². The number of likely N-dealkylation sites (tertiary alicyclic amines) is 1. The minimum atomic E-state index is -4.52. The molecular weight excluding hydrogens is 471 g/mol. The summed E-state index contributed by atoms with van der Waals surface area (Å²) in [5.74, 6) is -3.97. The normalized spacial score (nSPS) is 21.0. The minimum absolute atomic E-state index is 0.0645. The van der Waals surface area contributed by atoms with E-state index in [1.807, 2.05) is 0 Å². The molecule has 0 aliphatic carbocycles. The third kappa shape index (κ3) is 6.53. The number of amides is 1. The SMILES string of the molecule is C/C=C(\C=N/CNCC1C(C)CC(F)(F)CN1C(=O)c1nc(C)oc1-c1ccccc1)C(F)(F)F. The zero-order valence-electron chi connectivity index (χ0n) is 19.6. The van der Waals surface area contributed by atoms with E-state index in [-0.39, 0.29) is 30.6 Å². The zero-order valence-corrected chi connectivity index (χ0v) is 19.6. The predicted molar refractivity (Wildman–Crippen MR) is 121 cm³/mol. The van der Waals surface area contributed by atoms with Crippen molar-refractivity contribution < 1.29 is 31.2 Å². The Morgan fingerprint density at radius 2 is 2.00 bits per heavy atom. The number of hydrogen-bond acceptors (Lipinski definition) is 5. The van der Waals surface area contributed by atoms with Crippen LogP contribution in [0, 0.1) is 12.8 Å². The maximum absolute atomic E-state index is 14.5. The van der Waals surface area contributed by atoms with Gasteiger partial charge in [-0.15, -0.1) is 0 Å². The lowest BCUT2D eigenvalue weighted by atomic mass is 9.88. The molecule has 1 aliphatic heterocycles. The van der Waals surface area contributed by atoms with Crippen LogP contribution in [0.25, 0.3) is 11.3 Å². The van der Waals surface area contributed by atoms with E-state index in [0.717, 1.165) is 11.0 Å². The number of hydrogen-bond donors (Lipinski definition) is 1. The molecule has 0 saturated carbocycles. The number of allylic oxidation sites excluding steroid dienone is 2. The van der Waals surface area contributed by atoms with E-state index in [1.165, 1.54) is 6.92 Å². The van der Waals surface area contributed by atoms with Gasteiger partial charge in [0.1, 0.15) is 0 Å². The predicted octanol–water partition coefficient (Wildman–Crippen LogP) is 5.26. The van der Waals surface area contributed by atoms with Gasteiger partial charge in [-0.05, 0) is 12.8 Å². The van der Waals surface area contributed by atoms with Crippen molar-refractivity contribution in [2.75, 3.05) is 19.8 Å². The molecule has 1 saturated heterocycles. The van der Waals surface area contributed by atoms with Gasteiger partial charge >= 0.3 is 6.18 Å². The highest BCUT2D eigenvalue weighted by Gasteiger charge is 2.46. The molecule has 0 spiro atoms. The fraction of sp³-hybridized carbons (Fsp3) is 0.458. The Hall–Kier alpha value is -3.08. The molecular formula is C24H27F5N4O2. The lowest BCUT2D eigenvalue weighted by Gasteiger charge is -2.43. The summed E-state index contributed by atoms with van der Waals surface area (Å²) in [5.41, 5.74) is -0.372. The Labute approximate surface area is 199 Å². The quantitative estimate of drug-likeness (QED) is 0.321. The molecule has 11 heteroatoms. The third-order valence-electron chi connectivity index (χ3n) is 5.74. The average molecular weight is 498 g/mol. The van der Waals surface area contributed by atoms with Crippen LogP contribution in [0.15, 0.2) is 51.4 Å². The fourth-order valence-corrected chi connectivity index (χ4v) is 4.10. The topological polar surface area (TPSA) is 70.7 Å². The van der Waals surface area contributed by atoms with Crippen molar-refractivity contribution in [1.82, 2.24) is 15.2 Å². The maximum atomic E-state index is 14.5. The number of carbonyl (C=O) groups is 1. The number of aliphatic imine (C=N–C) groups is 1. The summed E-state index contributed by atoms with van der Waals surface area (Å²) in [6.45, 7) is 3.51. The Morgan fingerprint density at radius 3 is 2.63 bits per heavy atom. The van der Waals surface area contributed by atoms with Crippen LogP contribution in [0.2, 0.25) is 0 Å². The number of aryl methyl sites for hydroxylation is 1. The van der Waals surface area contributed by atoms with Crippen molar-refractivity contribution in [2.24, 2.45) is 10.9 Å². The van der Waals surface area contributed by atoms with E-state index in [9.17, 15) is 26.7 Å². The number of oxazole rings is 1. The van der Waals surface area contributed by atoms with E-state index < -0.39 is 48.5 Å². The standard InChI is InChI=1S/C24H27F5N4O2/c1-4-18(24(27,28)29)11-30-14-31-12-19-15(2)10-23(25,26)13-33(19)22(34)20-21(35-16(3)32-20)17-8-6-5-7-9-17/h4-9,11,15,19,31H,10,12-14H2,1-3H3/b18-4+,30-11-. The van der Waals surface area contributed by atoms with Crippen molar-refractivity contribution in [3.63, 3.8) is 0 Å². The Balaban J connectivity index is 1.79. The molecule has 3 rings (SSSR count). The van der Waals surface area contributed by atoms with Crippen LogP contribution in [-0.2, 0) is 0 Å². The van der Waals surface area contributed by atoms with Gasteiger partial charge in [0, 0.05) is 37.7 Å². The molecule has 190 valence electrons. The van der Waals surface area contributed by atoms with Gasteiger partial charge in [0.05, 0.1) is 18.8 Å². The largest absolute Gasteiger partial charge is 0.440 e. The molecule has 1 aromatic heterocycles. The lowest BCUT2D eigenvalue weighted by Crippen LogP contribution is -2.58. The number of halogens is 5. The molecule has 2 unspecified atom stereocenters. The number of rotatable bonds is 7. The van der Waals surface area contributed by atoms with Crippen LogP contribution in [0.3, 0.4) is 0 Å². The summed E-state index contributed by atoms with van der Waals surface area (Å²) in [7, 11) is 0. The maximum Gasteiger partial charge on any atom is 0.417 e. The molecule has 2 aromatic rings. The van der Waals surface area contributed by atoms with E-state index >= 15 is 0 Å². The first-order valence-electron chi connectivity index (χ1n) is 11.1. The highest BCUT2D eigenvalue weighted by Crippen LogP contribution is 2.36. The lowest BCUT2D eigenvalue weighted by molar-refractivity contribution is -0.0915. The number of nitrogens with zero attached hydrogens (tertiary/aromatic N) is 3. The van der Waals surface area contributed by atoms with Crippen LogP contribution in [-0.4, -0.2) is 59.9 Å². The monoisotopic (exact) mass is 498 g/mol. The highest BCUT2D eigenvalue weighted by atomic mass is 19.4. The van der Waals surface area contributed by atoms with Crippen LogP contribution in [0.1, 0.15) is 36.6 Å². The second kappa shape index (κ2) is 10.7. The zero-order chi connectivity index (χ0) is 25.8. The number of carbonyl (C=O) groups excluding carboxylic acids is 1. The molecule has 1 amide bonds. The molecule has 1 fully saturated rings. The van der Waals surface area contributed by atoms with Crippen molar-refractivity contribution in [3.8, 4) is 11.3 Å². The Morgan fingerprint density at radius 1 is 1.31 bits per heavy atom. The molecule has 35 heavy (non-hydrogen) atoms. The van der Waals surface area contributed by atoms with Crippen LogP contribution in [0.5, 0.6) is 0 Å². The molecule has 1 aromatic carbocycles. The highest BCUT2D eigenvalue weighted by molar-refractivity contribution is 5.98. The molecule has 2 atom stereocenters. The van der Waals surface area contributed by atoms with Gasteiger partial charge in [0.15, 0.2) is 17.3 Å². The van der Waals surface area contributed by atoms with E-state index in [1.54, 1.807) is 44.2 Å². The number of nitrogens with one attached hydrogen (secondary N) is 1. The number of piperidine rings is 1. The van der Waals surface area contributed by atoms with Crippen molar-refractivity contribution in [1.29, 1.82) is 0 Å². The average Bonchev–Trinajstić information content (AvgIpc) is 3.17. The first kappa shape index (κ1) is 26.5.